The van der Waals surface area contributed by atoms with E-state index in [1.54, 1.807) is 0 Å². The highest BCUT2D eigenvalue weighted by Crippen LogP contribution is 2.39. The number of hydrogen-bond donors (Lipinski definition) is 0. The molecule has 4 heteroatoms. The lowest BCUT2D eigenvalue weighted by molar-refractivity contribution is -0.180. The fourth-order valence-corrected chi connectivity index (χ4v) is 1.88. The summed E-state index contributed by atoms with van der Waals surface area (Å²) >= 11 is 5.55. The van der Waals surface area contributed by atoms with Gasteiger partial charge in [-0.15, -0.1) is 11.6 Å². The van der Waals surface area contributed by atoms with Crippen molar-refractivity contribution in [3.8, 4) is 0 Å². The molecule has 0 nitrogen and oxygen atoms in total. The Morgan fingerprint density at radius 3 is 2.00 bits per heavy atom. The zero-order chi connectivity index (χ0) is 8.48. The van der Waals surface area contributed by atoms with E-state index in [1.807, 2.05) is 0 Å². The highest BCUT2D eigenvalue weighted by molar-refractivity contribution is 6.20. The molecule has 0 amide bonds. The molecule has 0 aromatic rings. The zero-order valence-electron chi connectivity index (χ0n) is 5.99. The molecule has 0 saturated heterocycles. The molecular formula is C7H10ClF3. The summed E-state index contributed by atoms with van der Waals surface area (Å²) in [5, 5.41) is -0.691. The number of hydrogen-bond acceptors (Lipinski definition) is 0. The first-order valence-corrected chi connectivity index (χ1v) is 4.16. The number of halogens is 4. The maximum Gasteiger partial charge on any atom is 0.393 e. The molecule has 0 radical (unpaired) electrons. The quantitative estimate of drug-likeness (QED) is 0.509. The first kappa shape index (κ1) is 9.17. The van der Waals surface area contributed by atoms with Crippen molar-refractivity contribution in [3.63, 3.8) is 0 Å². The molecule has 1 fully saturated rings. The summed E-state index contributed by atoms with van der Waals surface area (Å²) in [6.07, 6.45) is -1.88. The highest BCUT2D eigenvalue weighted by Gasteiger charge is 2.44. The second-order valence-corrected chi connectivity index (χ2v) is 3.51. The van der Waals surface area contributed by atoms with E-state index in [1.165, 1.54) is 0 Å². The molecular weight excluding hydrogens is 177 g/mol. The molecule has 0 spiro atoms. The fourth-order valence-electron chi connectivity index (χ4n) is 1.45. The second-order valence-electron chi connectivity index (χ2n) is 2.95. The maximum atomic E-state index is 12.1. The zero-order valence-corrected chi connectivity index (χ0v) is 6.75. The summed E-state index contributed by atoms with van der Waals surface area (Å²) in [6, 6.07) is 0. The first-order chi connectivity index (χ1) is 5.02. The van der Waals surface area contributed by atoms with Gasteiger partial charge in [0.15, 0.2) is 0 Å². The van der Waals surface area contributed by atoms with E-state index in [4.69, 9.17) is 11.6 Å². The van der Waals surface area contributed by atoms with Crippen LogP contribution in [0.15, 0.2) is 0 Å². The Morgan fingerprint density at radius 2 is 1.64 bits per heavy atom. The van der Waals surface area contributed by atoms with Crippen LogP contribution >= 0.6 is 11.6 Å². The lowest BCUT2D eigenvalue weighted by atomic mass is 9.88. The van der Waals surface area contributed by atoms with Crippen molar-refractivity contribution in [2.45, 2.75) is 37.2 Å². The smallest absolute Gasteiger partial charge is 0.171 e. The van der Waals surface area contributed by atoms with Gasteiger partial charge in [-0.25, -0.2) is 0 Å². The SMILES string of the molecule is FC(F)(F)C1CCCCC1Cl. The summed E-state index contributed by atoms with van der Waals surface area (Å²) < 4.78 is 36.3. The van der Waals surface area contributed by atoms with Crippen LogP contribution in [0.2, 0.25) is 0 Å². The van der Waals surface area contributed by atoms with Crippen LogP contribution in [0.3, 0.4) is 0 Å². The average Bonchev–Trinajstić information content (AvgIpc) is 1.86. The van der Waals surface area contributed by atoms with Crippen LogP contribution in [0, 0.1) is 5.92 Å². The Balaban J connectivity index is 2.55. The molecule has 0 aliphatic heterocycles. The van der Waals surface area contributed by atoms with Crippen molar-refractivity contribution in [2.24, 2.45) is 5.92 Å². The summed E-state index contributed by atoms with van der Waals surface area (Å²) in [4.78, 5) is 0. The van der Waals surface area contributed by atoms with E-state index >= 15 is 0 Å². The first-order valence-electron chi connectivity index (χ1n) is 3.72. The van der Waals surface area contributed by atoms with Gasteiger partial charge in [0, 0.05) is 5.38 Å². The van der Waals surface area contributed by atoms with Gasteiger partial charge in [0.1, 0.15) is 0 Å². The Kier molecular flexibility index (Phi) is 2.68. The van der Waals surface area contributed by atoms with Gasteiger partial charge in [0.05, 0.1) is 5.92 Å². The Morgan fingerprint density at radius 1 is 1.09 bits per heavy atom. The van der Waals surface area contributed by atoms with Gasteiger partial charge in [0.2, 0.25) is 0 Å². The van der Waals surface area contributed by atoms with E-state index in [0.717, 1.165) is 6.42 Å². The van der Waals surface area contributed by atoms with Crippen molar-refractivity contribution >= 4 is 11.6 Å². The van der Waals surface area contributed by atoms with Crippen molar-refractivity contribution < 1.29 is 13.2 Å². The minimum atomic E-state index is -4.09. The monoisotopic (exact) mass is 186 g/mol. The standard InChI is InChI=1S/C7H10ClF3/c8-6-4-2-1-3-5(6)7(9,10)11/h5-6H,1-4H2. The second kappa shape index (κ2) is 3.21. The minimum absolute atomic E-state index is 0.206. The van der Waals surface area contributed by atoms with Crippen LogP contribution in [0.4, 0.5) is 13.2 Å². The van der Waals surface area contributed by atoms with Crippen LogP contribution in [0.5, 0.6) is 0 Å². The fraction of sp³-hybridized carbons (Fsp3) is 1.00. The highest BCUT2D eigenvalue weighted by atomic mass is 35.5. The third-order valence-corrected chi connectivity index (χ3v) is 2.62. The third kappa shape index (κ3) is 2.26. The molecule has 2 unspecified atom stereocenters. The third-order valence-electron chi connectivity index (χ3n) is 2.10. The molecule has 1 aliphatic carbocycles. The topological polar surface area (TPSA) is 0 Å². The molecule has 2 atom stereocenters. The van der Waals surface area contributed by atoms with Crippen LogP contribution < -0.4 is 0 Å². The van der Waals surface area contributed by atoms with Gasteiger partial charge in [-0.1, -0.05) is 12.8 Å². The Labute approximate surface area is 68.7 Å². The van der Waals surface area contributed by atoms with Gasteiger partial charge in [-0.05, 0) is 12.8 Å². The summed E-state index contributed by atoms with van der Waals surface area (Å²) in [7, 11) is 0. The maximum absolute atomic E-state index is 12.1. The molecule has 0 aromatic heterocycles. The number of alkyl halides is 4. The predicted molar refractivity (Wildman–Crippen MR) is 37.7 cm³/mol. The molecule has 1 saturated carbocycles. The van der Waals surface area contributed by atoms with Gasteiger partial charge in [-0.2, -0.15) is 13.2 Å². The van der Waals surface area contributed by atoms with Crippen molar-refractivity contribution in [3.05, 3.63) is 0 Å². The predicted octanol–water partition coefficient (Wildman–Crippen LogP) is 3.35. The lowest BCUT2D eigenvalue weighted by Crippen LogP contribution is -2.33. The van der Waals surface area contributed by atoms with Crippen molar-refractivity contribution in [2.75, 3.05) is 0 Å². The molecule has 0 N–H and O–H groups in total. The van der Waals surface area contributed by atoms with Crippen LogP contribution in [-0.2, 0) is 0 Å². The summed E-state index contributed by atoms with van der Waals surface area (Å²) in [5.74, 6) is -1.27. The van der Waals surface area contributed by atoms with E-state index < -0.39 is 17.5 Å². The van der Waals surface area contributed by atoms with Gasteiger partial charge < -0.3 is 0 Å². The molecule has 66 valence electrons. The lowest BCUT2D eigenvalue weighted by Gasteiger charge is -2.28. The normalized spacial score (nSPS) is 33.8. The number of rotatable bonds is 0. The Hall–Kier alpha value is 0.0800. The van der Waals surface area contributed by atoms with Crippen LogP contribution in [0.25, 0.3) is 0 Å². The average molecular weight is 187 g/mol. The van der Waals surface area contributed by atoms with Gasteiger partial charge in [-0.3, -0.25) is 0 Å². The molecule has 0 bridgehead atoms. The van der Waals surface area contributed by atoms with E-state index in [9.17, 15) is 13.2 Å². The molecule has 0 aromatic carbocycles. The van der Waals surface area contributed by atoms with Gasteiger partial charge in [0.25, 0.3) is 0 Å². The molecule has 1 rings (SSSR count). The molecule has 1 aliphatic rings. The van der Waals surface area contributed by atoms with E-state index in [0.29, 0.717) is 12.8 Å². The van der Waals surface area contributed by atoms with Crippen molar-refractivity contribution in [1.29, 1.82) is 0 Å². The van der Waals surface area contributed by atoms with Gasteiger partial charge >= 0.3 is 6.18 Å². The van der Waals surface area contributed by atoms with Crippen molar-refractivity contribution in [1.82, 2.24) is 0 Å². The molecule has 0 heterocycles. The Bertz CT molecular complexity index is 132. The summed E-state index contributed by atoms with van der Waals surface area (Å²) in [6.45, 7) is 0. The van der Waals surface area contributed by atoms with Crippen LogP contribution in [0.1, 0.15) is 25.7 Å². The molecule has 11 heavy (non-hydrogen) atoms. The van der Waals surface area contributed by atoms with E-state index in [2.05, 4.69) is 0 Å². The van der Waals surface area contributed by atoms with Crippen LogP contribution in [-0.4, -0.2) is 11.6 Å². The van der Waals surface area contributed by atoms with E-state index in [-0.39, 0.29) is 6.42 Å². The summed E-state index contributed by atoms with van der Waals surface area (Å²) in [5.41, 5.74) is 0. The largest absolute Gasteiger partial charge is 0.393 e. The minimum Gasteiger partial charge on any atom is -0.171 e.